The van der Waals surface area contributed by atoms with Crippen molar-refractivity contribution >= 4 is 11.7 Å². The molecule has 0 aliphatic carbocycles. The van der Waals surface area contributed by atoms with Crippen LogP contribution in [0.1, 0.15) is 32.2 Å². The fourth-order valence-electron chi connectivity index (χ4n) is 1.41. The van der Waals surface area contributed by atoms with E-state index < -0.39 is 6.10 Å². The van der Waals surface area contributed by atoms with Crippen LogP contribution >= 0.6 is 0 Å². The highest BCUT2D eigenvalue weighted by Gasteiger charge is 2.15. The summed E-state index contributed by atoms with van der Waals surface area (Å²) in [7, 11) is 0. The van der Waals surface area contributed by atoms with E-state index in [4.69, 9.17) is 4.52 Å². The summed E-state index contributed by atoms with van der Waals surface area (Å²) in [6.07, 6.45) is 0.107. The van der Waals surface area contributed by atoms with E-state index in [0.717, 1.165) is 0 Å². The Morgan fingerprint density at radius 2 is 2.17 bits per heavy atom. The number of urea groups is 1. The van der Waals surface area contributed by atoms with Crippen molar-refractivity contribution in [3.8, 4) is 0 Å². The van der Waals surface area contributed by atoms with Crippen LogP contribution in [0.3, 0.4) is 0 Å². The SMILES string of the molecule is CCc1onc(C)c1NC(=O)NCC(O)C(C)C. The second kappa shape index (κ2) is 6.39. The van der Waals surface area contributed by atoms with Crippen LogP contribution in [0.15, 0.2) is 4.52 Å². The molecule has 3 N–H and O–H groups in total. The first kappa shape index (κ1) is 14.5. The van der Waals surface area contributed by atoms with Crippen molar-refractivity contribution in [2.45, 2.75) is 40.2 Å². The quantitative estimate of drug-likeness (QED) is 0.747. The Morgan fingerprint density at radius 1 is 1.50 bits per heavy atom. The smallest absolute Gasteiger partial charge is 0.319 e. The van der Waals surface area contributed by atoms with E-state index in [1.165, 1.54) is 0 Å². The monoisotopic (exact) mass is 255 g/mol. The van der Waals surface area contributed by atoms with Crippen LogP contribution in [0.4, 0.5) is 10.5 Å². The van der Waals surface area contributed by atoms with Crippen molar-refractivity contribution in [2.75, 3.05) is 11.9 Å². The van der Waals surface area contributed by atoms with Gasteiger partial charge in [-0.2, -0.15) is 0 Å². The van der Waals surface area contributed by atoms with Crippen LogP contribution in [0, 0.1) is 12.8 Å². The lowest BCUT2D eigenvalue weighted by Crippen LogP contribution is -2.37. The molecular weight excluding hydrogens is 234 g/mol. The number of aliphatic hydroxyl groups excluding tert-OH is 1. The van der Waals surface area contributed by atoms with Gasteiger partial charge in [0.2, 0.25) is 0 Å². The molecule has 0 bridgehead atoms. The summed E-state index contributed by atoms with van der Waals surface area (Å²) in [6, 6.07) is -0.365. The summed E-state index contributed by atoms with van der Waals surface area (Å²) in [4.78, 5) is 11.7. The number of rotatable bonds is 5. The Kier molecular flexibility index (Phi) is 5.15. The van der Waals surface area contributed by atoms with E-state index in [1.54, 1.807) is 6.92 Å². The van der Waals surface area contributed by atoms with Gasteiger partial charge in [0.05, 0.1) is 6.10 Å². The van der Waals surface area contributed by atoms with Crippen molar-refractivity contribution in [3.05, 3.63) is 11.5 Å². The number of hydrogen-bond acceptors (Lipinski definition) is 4. The van der Waals surface area contributed by atoms with Crippen molar-refractivity contribution in [1.82, 2.24) is 10.5 Å². The molecule has 6 heteroatoms. The summed E-state index contributed by atoms with van der Waals surface area (Å²) >= 11 is 0. The topological polar surface area (TPSA) is 87.4 Å². The summed E-state index contributed by atoms with van der Waals surface area (Å²) in [5.74, 6) is 0.751. The van der Waals surface area contributed by atoms with Gasteiger partial charge in [0, 0.05) is 13.0 Å². The second-order valence-electron chi connectivity index (χ2n) is 4.57. The van der Waals surface area contributed by atoms with Gasteiger partial charge in [0.25, 0.3) is 0 Å². The van der Waals surface area contributed by atoms with Gasteiger partial charge in [0.15, 0.2) is 5.76 Å². The van der Waals surface area contributed by atoms with Crippen molar-refractivity contribution in [3.63, 3.8) is 0 Å². The van der Waals surface area contributed by atoms with Crippen molar-refractivity contribution in [2.24, 2.45) is 5.92 Å². The first-order valence-electron chi connectivity index (χ1n) is 6.13. The van der Waals surface area contributed by atoms with Crippen LogP contribution in [0.2, 0.25) is 0 Å². The highest BCUT2D eigenvalue weighted by atomic mass is 16.5. The Balaban J connectivity index is 2.52. The third-order valence-electron chi connectivity index (χ3n) is 2.73. The molecule has 1 heterocycles. The predicted octanol–water partition coefficient (Wildman–Crippen LogP) is 1.68. The van der Waals surface area contributed by atoms with Gasteiger partial charge in [-0.1, -0.05) is 25.9 Å². The molecule has 0 fully saturated rings. The fraction of sp³-hybridized carbons (Fsp3) is 0.667. The van der Waals surface area contributed by atoms with Gasteiger partial charge in [-0.25, -0.2) is 4.79 Å². The Labute approximate surface area is 107 Å². The van der Waals surface area contributed by atoms with Crippen LogP contribution in [-0.2, 0) is 6.42 Å². The summed E-state index contributed by atoms with van der Waals surface area (Å²) in [5.41, 5.74) is 1.25. The molecule has 1 aromatic heterocycles. The zero-order valence-corrected chi connectivity index (χ0v) is 11.3. The molecule has 0 aromatic carbocycles. The Bertz CT molecular complexity index is 401. The largest absolute Gasteiger partial charge is 0.391 e. The maximum atomic E-state index is 11.7. The molecule has 0 spiro atoms. The first-order chi connectivity index (χ1) is 8.45. The molecule has 1 atom stereocenters. The van der Waals surface area contributed by atoms with Crippen LogP contribution in [-0.4, -0.2) is 28.9 Å². The number of carbonyl (C=O) groups is 1. The van der Waals surface area contributed by atoms with E-state index in [9.17, 15) is 9.90 Å². The number of aliphatic hydroxyl groups is 1. The number of amides is 2. The van der Waals surface area contributed by atoms with Crippen molar-refractivity contribution < 1.29 is 14.4 Å². The van der Waals surface area contributed by atoms with Crippen molar-refractivity contribution in [1.29, 1.82) is 0 Å². The molecule has 0 radical (unpaired) electrons. The molecule has 0 saturated heterocycles. The van der Waals surface area contributed by atoms with Gasteiger partial charge in [-0.05, 0) is 12.8 Å². The molecule has 1 unspecified atom stereocenters. The van der Waals surface area contributed by atoms with E-state index >= 15 is 0 Å². The number of anilines is 1. The molecule has 102 valence electrons. The predicted molar refractivity (Wildman–Crippen MR) is 68.5 cm³/mol. The summed E-state index contributed by atoms with van der Waals surface area (Å²) in [5, 5.41) is 18.7. The molecule has 18 heavy (non-hydrogen) atoms. The number of aryl methyl sites for hydroxylation is 2. The summed E-state index contributed by atoms with van der Waals surface area (Å²) < 4.78 is 5.07. The van der Waals surface area contributed by atoms with Gasteiger partial charge in [-0.15, -0.1) is 0 Å². The zero-order chi connectivity index (χ0) is 13.7. The molecule has 0 aliphatic rings. The third-order valence-corrected chi connectivity index (χ3v) is 2.73. The fourth-order valence-corrected chi connectivity index (χ4v) is 1.41. The molecular formula is C12H21N3O3. The molecule has 1 rings (SSSR count). The molecule has 1 aromatic rings. The number of aromatic nitrogens is 1. The molecule has 0 saturated carbocycles. The van der Waals surface area contributed by atoms with E-state index in [0.29, 0.717) is 23.6 Å². The normalized spacial score (nSPS) is 12.6. The van der Waals surface area contributed by atoms with Crippen LogP contribution in [0.5, 0.6) is 0 Å². The van der Waals surface area contributed by atoms with Gasteiger partial charge < -0.3 is 20.3 Å². The number of carbonyl (C=O) groups excluding carboxylic acids is 1. The third kappa shape index (κ3) is 3.73. The number of nitrogens with zero attached hydrogens (tertiary/aromatic N) is 1. The lowest BCUT2D eigenvalue weighted by molar-refractivity contribution is 0.126. The average Bonchev–Trinajstić information content (AvgIpc) is 2.67. The number of hydrogen-bond donors (Lipinski definition) is 3. The lowest BCUT2D eigenvalue weighted by atomic mass is 10.1. The van der Waals surface area contributed by atoms with Gasteiger partial charge in [0.1, 0.15) is 11.4 Å². The van der Waals surface area contributed by atoms with Crippen LogP contribution in [0.25, 0.3) is 0 Å². The Morgan fingerprint density at radius 3 is 2.72 bits per heavy atom. The number of nitrogens with one attached hydrogen (secondary N) is 2. The minimum atomic E-state index is -0.551. The van der Waals surface area contributed by atoms with E-state index in [2.05, 4.69) is 15.8 Å². The first-order valence-corrected chi connectivity index (χ1v) is 6.13. The maximum Gasteiger partial charge on any atom is 0.319 e. The minimum Gasteiger partial charge on any atom is -0.391 e. The van der Waals surface area contributed by atoms with E-state index in [1.807, 2.05) is 20.8 Å². The molecule has 0 aliphatic heterocycles. The second-order valence-corrected chi connectivity index (χ2v) is 4.57. The van der Waals surface area contributed by atoms with Crippen LogP contribution < -0.4 is 10.6 Å². The summed E-state index contributed by atoms with van der Waals surface area (Å²) in [6.45, 7) is 7.69. The minimum absolute atomic E-state index is 0.105. The Hall–Kier alpha value is -1.56. The zero-order valence-electron chi connectivity index (χ0n) is 11.3. The average molecular weight is 255 g/mol. The van der Waals surface area contributed by atoms with Gasteiger partial charge in [-0.3, -0.25) is 0 Å². The molecule has 6 nitrogen and oxygen atoms in total. The highest BCUT2D eigenvalue weighted by molar-refractivity contribution is 5.90. The molecule has 2 amide bonds. The standard InChI is InChI=1S/C12H21N3O3/c1-5-10-11(8(4)15-18-10)14-12(17)13-6-9(16)7(2)3/h7,9,16H,5-6H2,1-4H3,(H2,13,14,17). The lowest BCUT2D eigenvalue weighted by Gasteiger charge is -2.15. The highest BCUT2D eigenvalue weighted by Crippen LogP contribution is 2.20. The van der Waals surface area contributed by atoms with E-state index in [-0.39, 0.29) is 18.5 Å². The van der Waals surface area contributed by atoms with Gasteiger partial charge >= 0.3 is 6.03 Å². The maximum absolute atomic E-state index is 11.7.